The molecule has 0 aliphatic carbocycles. The molecule has 2 aromatic carbocycles. The summed E-state index contributed by atoms with van der Waals surface area (Å²) >= 11 is 3.41. The minimum absolute atomic E-state index is 0.00315. The van der Waals surface area contributed by atoms with Gasteiger partial charge in [-0.3, -0.25) is 0 Å². The Kier molecular flexibility index (Phi) is 7.41. The van der Waals surface area contributed by atoms with E-state index in [0.29, 0.717) is 5.56 Å². The highest BCUT2D eigenvalue weighted by Gasteiger charge is 2.14. The number of aryl methyl sites for hydroxylation is 1. The van der Waals surface area contributed by atoms with Gasteiger partial charge in [-0.25, -0.2) is 18.4 Å². The molecule has 0 aliphatic rings. The van der Waals surface area contributed by atoms with Gasteiger partial charge in [-0.05, 0) is 62.1 Å². The van der Waals surface area contributed by atoms with Gasteiger partial charge in [0.05, 0.1) is 10.9 Å². The first kappa shape index (κ1) is 21.4. The summed E-state index contributed by atoms with van der Waals surface area (Å²) in [6.45, 7) is 3.74. The molecular formula is C19H24BrN3O3S. The largest absolute Gasteiger partial charge is 0.336 e. The van der Waals surface area contributed by atoms with Crippen molar-refractivity contribution in [2.45, 2.75) is 43.7 Å². The first-order valence-electron chi connectivity index (χ1n) is 8.59. The van der Waals surface area contributed by atoms with Crippen molar-refractivity contribution >= 4 is 32.0 Å². The van der Waals surface area contributed by atoms with Crippen molar-refractivity contribution in [1.29, 1.82) is 0 Å². The first-order valence-corrected chi connectivity index (χ1v) is 10.9. The summed E-state index contributed by atoms with van der Waals surface area (Å²) in [5, 5.41) is 10.9. The molecule has 0 spiro atoms. The second-order valence-corrected chi connectivity index (χ2v) is 9.00. The van der Waals surface area contributed by atoms with Crippen LogP contribution >= 0.6 is 15.9 Å². The molecule has 0 saturated heterocycles. The van der Waals surface area contributed by atoms with Gasteiger partial charge >= 0.3 is 6.03 Å². The number of rotatable bonds is 7. The van der Waals surface area contributed by atoms with Crippen LogP contribution in [0.4, 0.5) is 4.79 Å². The molecule has 2 aromatic rings. The highest BCUT2D eigenvalue weighted by Crippen LogP contribution is 2.17. The molecule has 0 bridgehead atoms. The number of carbonyl (C=O) groups is 1. The summed E-state index contributed by atoms with van der Waals surface area (Å²) in [7, 11) is -3.77. The van der Waals surface area contributed by atoms with E-state index in [9.17, 15) is 13.2 Å². The molecule has 0 fully saturated rings. The average molecular weight is 454 g/mol. The maximum absolute atomic E-state index is 12.2. The Morgan fingerprint density at radius 2 is 1.78 bits per heavy atom. The van der Waals surface area contributed by atoms with Crippen LogP contribution in [0.2, 0.25) is 0 Å². The number of amides is 2. The summed E-state index contributed by atoms with van der Waals surface area (Å²) in [4.78, 5) is 12.2. The summed E-state index contributed by atoms with van der Waals surface area (Å²) < 4.78 is 24.0. The van der Waals surface area contributed by atoms with Crippen molar-refractivity contribution in [1.82, 2.24) is 10.6 Å². The lowest BCUT2D eigenvalue weighted by atomic mass is 10.1. The number of hydrogen-bond acceptors (Lipinski definition) is 3. The Balaban J connectivity index is 1.86. The quantitative estimate of drug-likeness (QED) is 0.597. The SMILES string of the molecule is C[C@H](CCc1ccc(Br)cc1)NC(=O)N[C@@H](C)c1cccc(S(N)(=O)=O)c1. The Hall–Kier alpha value is -1.90. The molecule has 2 atom stereocenters. The van der Waals surface area contributed by atoms with E-state index in [-0.39, 0.29) is 23.0 Å². The zero-order valence-corrected chi connectivity index (χ0v) is 17.7. The van der Waals surface area contributed by atoms with Crippen molar-refractivity contribution < 1.29 is 13.2 Å². The molecule has 6 nitrogen and oxygen atoms in total. The van der Waals surface area contributed by atoms with Gasteiger partial charge in [0, 0.05) is 10.5 Å². The number of benzene rings is 2. The number of primary sulfonamides is 1. The van der Waals surface area contributed by atoms with Gasteiger partial charge in [0.25, 0.3) is 0 Å². The standard InChI is InChI=1S/C19H24BrN3O3S/c1-13(6-7-15-8-10-17(20)11-9-15)22-19(24)23-14(2)16-4-3-5-18(12-16)27(21,25)26/h3-5,8-14H,6-7H2,1-2H3,(H2,21,25,26)(H2,22,23,24)/t13-,14+/m1/s1. The van der Waals surface area contributed by atoms with E-state index in [1.54, 1.807) is 19.1 Å². The van der Waals surface area contributed by atoms with E-state index in [2.05, 4.69) is 38.7 Å². The van der Waals surface area contributed by atoms with Gasteiger partial charge in [-0.1, -0.05) is 40.2 Å². The average Bonchev–Trinajstić information content (AvgIpc) is 2.60. The lowest BCUT2D eigenvalue weighted by Gasteiger charge is -2.19. The second kappa shape index (κ2) is 9.34. The van der Waals surface area contributed by atoms with Crippen molar-refractivity contribution in [2.24, 2.45) is 5.14 Å². The summed E-state index contributed by atoms with van der Waals surface area (Å²) in [6, 6.07) is 13.7. The molecule has 4 N–H and O–H groups in total. The Labute approximate surface area is 168 Å². The van der Waals surface area contributed by atoms with E-state index in [0.717, 1.165) is 17.3 Å². The number of hydrogen-bond donors (Lipinski definition) is 3. The number of nitrogens with two attached hydrogens (primary N) is 1. The molecule has 146 valence electrons. The maximum atomic E-state index is 12.2. The van der Waals surface area contributed by atoms with Crippen LogP contribution in [0.15, 0.2) is 57.9 Å². The van der Waals surface area contributed by atoms with Crippen LogP contribution < -0.4 is 15.8 Å². The summed E-state index contributed by atoms with van der Waals surface area (Å²) in [6.07, 6.45) is 1.67. The lowest BCUT2D eigenvalue weighted by Crippen LogP contribution is -2.42. The van der Waals surface area contributed by atoms with Crippen LogP contribution in [0, 0.1) is 0 Å². The number of nitrogens with one attached hydrogen (secondary N) is 2. The molecule has 0 radical (unpaired) electrons. The zero-order valence-electron chi connectivity index (χ0n) is 15.3. The highest BCUT2D eigenvalue weighted by atomic mass is 79.9. The fraction of sp³-hybridized carbons (Fsp3) is 0.316. The van der Waals surface area contributed by atoms with E-state index >= 15 is 0 Å². The Morgan fingerprint density at radius 3 is 2.41 bits per heavy atom. The van der Waals surface area contributed by atoms with E-state index in [4.69, 9.17) is 5.14 Å². The van der Waals surface area contributed by atoms with Crippen LogP contribution in [0.1, 0.15) is 37.4 Å². The van der Waals surface area contributed by atoms with Crippen molar-refractivity contribution in [3.8, 4) is 0 Å². The van der Waals surface area contributed by atoms with Crippen molar-refractivity contribution in [2.75, 3.05) is 0 Å². The van der Waals surface area contributed by atoms with Gasteiger partial charge < -0.3 is 10.6 Å². The van der Waals surface area contributed by atoms with Crippen LogP contribution in [0.25, 0.3) is 0 Å². The minimum atomic E-state index is -3.77. The summed E-state index contributed by atoms with van der Waals surface area (Å²) in [5.41, 5.74) is 1.87. The van der Waals surface area contributed by atoms with E-state index in [1.807, 2.05) is 19.1 Å². The molecule has 0 saturated carbocycles. The van der Waals surface area contributed by atoms with E-state index in [1.165, 1.54) is 17.7 Å². The van der Waals surface area contributed by atoms with Gasteiger partial charge in [-0.15, -0.1) is 0 Å². The maximum Gasteiger partial charge on any atom is 0.315 e. The monoisotopic (exact) mass is 453 g/mol. The van der Waals surface area contributed by atoms with Gasteiger partial charge in [0.15, 0.2) is 0 Å². The molecule has 2 amide bonds. The Bertz CT molecular complexity index is 885. The van der Waals surface area contributed by atoms with Gasteiger partial charge in [0.2, 0.25) is 10.0 Å². The lowest BCUT2D eigenvalue weighted by molar-refractivity contribution is 0.234. The normalized spacial score (nSPS) is 13.6. The Morgan fingerprint density at radius 1 is 1.11 bits per heavy atom. The number of urea groups is 1. The van der Waals surface area contributed by atoms with Crippen molar-refractivity contribution in [3.63, 3.8) is 0 Å². The fourth-order valence-corrected chi connectivity index (χ4v) is 3.45. The number of carbonyl (C=O) groups excluding carboxylic acids is 1. The van der Waals surface area contributed by atoms with Crippen LogP contribution in [0.3, 0.4) is 0 Å². The predicted octanol–water partition coefficient (Wildman–Crippen LogP) is 3.48. The smallest absolute Gasteiger partial charge is 0.315 e. The van der Waals surface area contributed by atoms with Crippen molar-refractivity contribution in [3.05, 3.63) is 64.1 Å². The third-order valence-electron chi connectivity index (χ3n) is 4.19. The van der Waals surface area contributed by atoms with Gasteiger partial charge in [-0.2, -0.15) is 0 Å². The molecule has 2 rings (SSSR count). The minimum Gasteiger partial charge on any atom is -0.336 e. The third kappa shape index (κ3) is 6.97. The van der Waals surface area contributed by atoms with E-state index < -0.39 is 10.0 Å². The topological polar surface area (TPSA) is 101 Å². The molecule has 8 heteroatoms. The fourth-order valence-electron chi connectivity index (χ4n) is 2.61. The number of halogens is 1. The molecule has 0 aliphatic heterocycles. The predicted molar refractivity (Wildman–Crippen MR) is 110 cm³/mol. The molecule has 0 heterocycles. The molecule has 27 heavy (non-hydrogen) atoms. The first-order chi connectivity index (χ1) is 12.6. The molecule has 0 aromatic heterocycles. The second-order valence-electron chi connectivity index (χ2n) is 6.52. The van der Waals surface area contributed by atoms with Gasteiger partial charge in [0.1, 0.15) is 0 Å². The molecular weight excluding hydrogens is 430 g/mol. The van der Waals surface area contributed by atoms with Crippen LogP contribution in [-0.2, 0) is 16.4 Å². The molecule has 0 unspecified atom stereocenters. The van der Waals surface area contributed by atoms with Crippen LogP contribution in [-0.4, -0.2) is 20.5 Å². The highest BCUT2D eigenvalue weighted by molar-refractivity contribution is 9.10. The number of sulfonamides is 1. The summed E-state index contributed by atoms with van der Waals surface area (Å²) in [5.74, 6) is 0. The third-order valence-corrected chi connectivity index (χ3v) is 5.63. The van der Waals surface area contributed by atoms with Crippen LogP contribution in [0.5, 0.6) is 0 Å². The zero-order chi connectivity index (χ0) is 20.0.